The number of nitrogens with one attached hydrogen (secondary N) is 1. The normalized spacial score (nSPS) is 16.3. The number of hydrogen-bond acceptors (Lipinski definition) is 4. The van der Waals surface area contributed by atoms with Gasteiger partial charge in [-0.05, 0) is 60.1 Å². The van der Waals surface area contributed by atoms with Gasteiger partial charge in [-0.2, -0.15) is 0 Å². The molecule has 0 aromatic heterocycles. The van der Waals surface area contributed by atoms with Crippen molar-refractivity contribution in [1.82, 2.24) is 5.32 Å². The third kappa shape index (κ3) is 7.90. The average molecular weight is 430 g/mol. The lowest BCUT2D eigenvalue weighted by molar-refractivity contribution is -0.137. The van der Waals surface area contributed by atoms with Crippen molar-refractivity contribution in [2.24, 2.45) is 0 Å². The summed E-state index contributed by atoms with van der Waals surface area (Å²) in [6.07, 6.45) is 9.35. The molecule has 0 atom stereocenters. The number of phenolic OH excluding ortho intramolecular Hbond substituents is 1. The predicted octanol–water partition coefficient (Wildman–Crippen LogP) is 6.29. The van der Waals surface area contributed by atoms with E-state index >= 15 is 0 Å². The highest BCUT2D eigenvalue weighted by atomic mass is 16.5. The molecule has 174 valence electrons. The first-order valence-corrected chi connectivity index (χ1v) is 11.9. The number of rotatable bonds is 7. The van der Waals surface area contributed by atoms with Crippen molar-refractivity contribution in [3.8, 4) is 5.75 Å². The van der Waals surface area contributed by atoms with Gasteiger partial charge in [-0.3, -0.25) is 0 Å². The number of esters is 1. The van der Waals surface area contributed by atoms with Crippen LogP contribution in [0.1, 0.15) is 104 Å². The van der Waals surface area contributed by atoms with Gasteiger partial charge in [-0.15, -0.1) is 0 Å². The second-order valence-electron chi connectivity index (χ2n) is 11.1. The number of allylic oxidation sites excluding steroid dienone is 1. The average Bonchev–Trinajstić information content (AvgIpc) is 2.65. The summed E-state index contributed by atoms with van der Waals surface area (Å²) in [6, 6.07) is 4.69. The first kappa shape index (κ1) is 25.3. The van der Waals surface area contributed by atoms with Crippen LogP contribution in [0, 0.1) is 0 Å². The zero-order valence-electron chi connectivity index (χ0n) is 20.7. The number of carbonyl (C=O) groups excluding carboxylic acids is 1. The largest absolute Gasteiger partial charge is 0.507 e. The number of aryl methyl sites for hydroxylation is 1. The Morgan fingerprint density at radius 2 is 1.61 bits per heavy atom. The lowest BCUT2D eigenvalue weighted by Crippen LogP contribution is -2.29. The van der Waals surface area contributed by atoms with E-state index in [2.05, 4.69) is 59.0 Å². The van der Waals surface area contributed by atoms with E-state index in [-0.39, 0.29) is 16.8 Å². The fraction of sp³-hybridized carbons (Fsp3) is 0.667. The van der Waals surface area contributed by atoms with Crippen LogP contribution in [0.5, 0.6) is 5.75 Å². The van der Waals surface area contributed by atoms with Crippen LogP contribution in [-0.2, 0) is 26.8 Å². The lowest BCUT2D eigenvalue weighted by atomic mass is 9.78. The molecular weight excluding hydrogens is 386 g/mol. The SMILES string of the molecule is C/C(=C\C(=O)OCCCc1cc(C(C)(C)C)c(O)c(C(C)(C)C)c1)NC1CCCCC1. The molecule has 4 heteroatoms. The summed E-state index contributed by atoms with van der Waals surface area (Å²) in [5.41, 5.74) is 3.73. The van der Waals surface area contributed by atoms with E-state index in [9.17, 15) is 9.90 Å². The van der Waals surface area contributed by atoms with E-state index in [4.69, 9.17) is 4.74 Å². The molecule has 1 aliphatic carbocycles. The first-order chi connectivity index (χ1) is 14.4. The van der Waals surface area contributed by atoms with Crippen molar-refractivity contribution in [3.05, 3.63) is 40.6 Å². The smallest absolute Gasteiger partial charge is 0.332 e. The van der Waals surface area contributed by atoms with Gasteiger partial charge in [0.05, 0.1) is 6.61 Å². The van der Waals surface area contributed by atoms with Gasteiger partial charge in [-0.1, -0.05) is 72.9 Å². The fourth-order valence-corrected chi connectivity index (χ4v) is 4.26. The molecule has 1 saturated carbocycles. The summed E-state index contributed by atoms with van der Waals surface area (Å²) in [4.78, 5) is 12.2. The third-order valence-electron chi connectivity index (χ3n) is 6.01. The van der Waals surface area contributed by atoms with Crippen LogP contribution >= 0.6 is 0 Å². The summed E-state index contributed by atoms with van der Waals surface area (Å²) >= 11 is 0. The Morgan fingerprint density at radius 3 is 2.13 bits per heavy atom. The van der Waals surface area contributed by atoms with E-state index in [0.717, 1.165) is 29.7 Å². The van der Waals surface area contributed by atoms with E-state index in [1.165, 1.54) is 37.7 Å². The molecule has 1 aromatic rings. The van der Waals surface area contributed by atoms with Crippen LogP contribution in [0.4, 0.5) is 0 Å². The van der Waals surface area contributed by atoms with Gasteiger partial charge >= 0.3 is 5.97 Å². The van der Waals surface area contributed by atoms with Crippen LogP contribution < -0.4 is 5.32 Å². The monoisotopic (exact) mass is 429 g/mol. The molecule has 1 fully saturated rings. The fourth-order valence-electron chi connectivity index (χ4n) is 4.26. The highest BCUT2D eigenvalue weighted by Gasteiger charge is 2.26. The highest BCUT2D eigenvalue weighted by Crippen LogP contribution is 2.40. The maximum Gasteiger partial charge on any atom is 0.332 e. The molecule has 0 heterocycles. The van der Waals surface area contributed by atoms with Crippen LogP contribution in [0.25, 0.3) is 0 Å². The van der Waals surface area contributed by atoms with E-state index in [0.29, 0.717) is 18.4 Å². The molecule has 31 heavy (non-hydrogen) atoms. The van der Waals surface area contributed by atoms with Crippen molar-refractivity contribution in [2.45, 2.75) is 110 Å². The number of hydrogen-bond donors (Lipinski definition) is 2. The standard InChI is InChI=1S/C27H43NO3/c1-19(28-21-13-9-8-10-14-21)16-24(29)31-15-11-12-20-17-22(26(2,3)4)25(30)23(18-20)27(5,6)7/h16-18,21,28,30H,8-15H2,1-7H3/b19-16+. The van der Waals surface area contributed by atoms with Gasteiger partial charge in [0.25, 0.3) is 0 Å². The second kappa shape index (κ2) is 10.6. The summed E-state index contributed by atoms with van der Waals surface area (Å²) in [5, 5.41) is 14.3. The molecule has 2 rings (SSSR count). The number of carbonyl (C=O) groups is 1. The van der Waals surface area contributed by atoms with Crippen molar-refractivity contribution in [2.75, 3.05) is 6.61 Å². The second-order valence-corrected chi connectivity index (χ2v) is 11.1. The highest BCUT2D eigenvalue weighted by molar-refractivity contribution is 5.82. The van der Waals surface area contributed by atoms with Gasteiger partial charge in [-0.25, -0.2) is 4.79 Å². The molecule has 4 nitrogen and oxygen atoms in total. The summed E-state index contributed by atoms with van der Waals surface area (Å²) < 4.78 is 5.44. The molecular formula is C27H43NO3. The Kier molecular flexibility index (Phi) is 8.62. The zero-order chi connectivity index (χ0) is 23.2. The Morgan fingerprint density at radius 1 is 1.06 bits per heavy atom. The van der Waals surface area contributed by atoms with Gasteiger partial charge in [0.2, 0.25) is 0 Å². The van der Waals surface area contributed by atoms with Crippen molar-refractivity contribution < 1.29 is 14.6 Å². The molecule has 1 aliphatic rings. The maximum atomic E-state index is 12.2. The van der Waals surface area contributed by atoms with E-state index in [1.54, 1.807) is 6.08 Å². The Labute approximate surface area is 189 Å². The molecule has 2 N–H and O–H groups in total. The Hall–Kier alpha value is -1.97. The molecule has 0 spiro atoms. The first-order valence-electron chi connectivity index (χ1n) is 11.9. The molecule has 0 unspecified atom stereocenters. The number of ether oxygens (including phenoxy) is 1. The van der Waals surface area contributed by atoms with E-state index < -0.39 is 0 Å². The van der Waals surface area contributed by atoms with Crippen LogP contribution in [-0.4, -0.2) is 23.7 Å². The summed E-state index contributed by atoms with van der Waals surface area (Å²) in [6.45, 7) is 15.1. The summed E-state index contributed by atoms with van der Waals surface area (Å²) in [5.74, 6) is 0.124. The Bertz CT molecular complexity index is 740. The number of benzene rings is 1. The minimum atomic E-state index is -0.280. The maximum absolute atomic E-state index is 12.2. The van der Waals surface area contributed by atoms with Crippen molar-refractivity contribution in [3.63, 3.8) is 0 Å². The molecule has 0 bridgehead atoms. The van der Waals surface area contributed by atoms with Crippen LogP contribution in [0.3, 0.4) is 0 Å². The van der Waals surface area contributed by atoms with Crippen molar-refractivity contribution >= 4 is 5.97 Å². The lowest BCUT2D eigenvalue weighted by Gasteiger charge is -2.28. The molecule has 1 aromatic carbocycles. The number of aromatic hydroxyl groups is 1. The number of phenols is 1. The quantitative estimate of drug-likeness (QED) is 0.304. The molecule has 0 amide bonds. The third-order valence-corrected chi connectivity index (χ3v) is 6.01. The van der Waals surface area contributed by atoms with Gasteiger partial charge in [0.1, 0.15) is 5.75 Å². The van der Waals surface area contributed by atoms with Gasteiger partial charge in [0.15, 0.2) is 0 Å². The molecule has 0 aliphatic heterocycles. The topological polar surface area (TPSA) is 58.6 Å². The zero-order valence-corrected chi connectivity index (χ0v) is 20.7. The summed E-state index contributed by atoms with van der Waals surface area (Å²) in [7, 11) is 0. The van der Waals surface area contributed by atoms with E-state index in [1.807, 2.05) is 6.92 Å². The minimum absolute atomic E-state index is 0.139. The molecule has 0 saturated heterocycles. The predicted molar refractivity (Wildman–Crippen MR) is 129 cm³/mol. The van der Waals surface area contributed by atoms with Gasteiger partial charge < -0.3 is 15.2 Å². The van der Waals surface area contributed by atoms with Crippen LogP contribution in [0.15, 0.2) is 23.9 Å². The van der Waals surface area contributed by atoms with Gasteiger partial charge in [0, 0.05) is 17.8 Å². The van der Waals surface area contributed by atoms with Crippen LogP contribution in [0.2, 0.25) is 0 Å². The Balaban J connectivity index is 1.92. The minimum Gasteiger partial charge on any atom is -0.507 e. The molecule has 0 radical (unpaired) electrons. The van der Waals surface area contributed by atoms with Crippen molar-refractivity contribution in [1.29, 1.82) is 0 Å².